The molecule has 0 fully saturated rings. The Morgan fingerprint density at radius 3 is 2.41 bits per heavy atom. The Morgan fingerprint density at radius 1 is 0.966 bits per heavy atom. The Labute approximate surface area is 170 Å². The van der Waals surface area contributed by atoms with Gasteiger partial charge in [-0.05, 0) is 23.3 Å². The SMILES string of the molecule is O=C(Cc1ccccc1)NCCC(=O)Nc1ncc(Cc2cc(F)cc(F)c2)s1. The van der Waals surface area contributed by atoms with Crippen LogP contribution in [0.15, 0.2) is 54.7 Å². The highest BCUT2D eigenvalue weighted by atomic mass is 32.1. The number of amides is 2. The number of hydrogen-bond acceptors (Lipinski definition) is 4. The number of thiazole rings is 1. The van der Waals surface area contributed by atoms with Gasteiger partial charge in [-0.3, -0.25) is 9.59 Å². The van der Waals surface area contributed by atoms with E-state index >= 15 is 0 Å². The van der Waals surface area contributed by atoms with Gasteiger partial charge in [-0.15, -0.1) is 11.3 Å². The van der Waals surface area contributed by atoms with E-state index in [-0.39, 0.29) is 31.2 Å². The number of carbonyl (C=O) groups is 2. The minimum atomic E-state index is -0.632. The minimum absolute atomic E-state index is 0.116. The third kappa shape index (κ3) is 6.76. The van der Waals surface area contributed by atoms with Crippen molar-refractivity contribution in [3.05, 3.63) is 82.4 Å². The number of halogens is 2. The van der Waals surface area contributed by atoms with E-state index in [9.17, 15) is 18.4 Å². The molecule has 2 N–H and O–H groups in total. The highest BCUT2D eigenvalue weighted by molar-refractivity contribution is 7.15. The van der Waals surface area contributed by atoms with Crippen molar-refractivity contribution in [2.75, 3.05) is 11.9 Å². The zero-order chi connectivity index (χ0) is 20.6. The first-order chi connectivity index (χ1) is 14.0. The fraction of sp³-hybridized carbons (Fsp3) is 0.190. The lowest BCUT2D eigenvalue weighted by Crippen LogP contribution is -2.28. The van der Waals surface area contributed by atoms with E-state index in [1.807, 2.05) is 30.3 Å². The molecule has 2 aromatic carbocycles. The predicted octanol–water partition coefficient (Wildman–Crippen LogP) is 3.70. The van der Waals surface area contributed by atoms with E-state index in [0.717, 1.165) is 16.5 Å². The third-order valence-electron chi connectivity index (χ3n) is 3.98. The molecule has 1 heterocycles. The van der Waals surface area contributed by atoms with E-state index in [1.165, 1.54) is 23.5 Å². The number of rotatable bonds is 8. The van der Waals surface area contributed by atoms with Crippen LogP contribution in [0.3, 0.4) is 0 Å². The van der Waals surface area contributed by atoms with E-state index in [1.54, 1.807) is 6.20 Å². The summed E-state index contributed by atoms with van der Waals surface area (Å²) in [6.45, 7) is 0.221. The first kappa shape index (κ1) is 20.6. The molecule has 1 aromatic heterocycles. The second-order valence-electron chi connectivity index (χ2n) is 6.40. The molecule has 0 aliphatic heterocycles. The quantitative estimate of drug-likeness (QED) is 0.589. The van der Waals surface area contributed by atoms with Crippen LogP contribution < -0.4 is 10.6 Å². The van der Waals surface area contributed by atoms with Crippen LogP contribution in [0.1, 0.15) is 22.4 Å². The summed E-state index contributed by atoms with van der Waals surface area (Å²) >= 11 is 1.23. The molecule has 0 saturated carbocycles. The van der Waals surface area contributed by atoms with Crippen molar-refractivity contribution in [1.82, 2.24) is 10.3 Å². The molecule has 8 heteroatoms. The minimum Gasteiger partial charge on any atom is -0.355 e. The van der Waals surface area contributed by atoms with Crippen LogP contribution in [-0.4, -0.2) is 23.3 Å². The summed E-state index contributed by atoms with van der Waals surface area (Å²) < 4.78 is 26.5. The summed E-state index contributed by atoms with van der Waals surface area (Å²) in [6, 6.07) is 12.7. The van der Waals surface area contributed by atoms with Crippen molar-refractivity contribution in [3.8, 4) is 0 Å². The van der Waals surface area contributed by atoms with Crippen LogP contribution >= 0.6 is 11.3 Å². The Morgan fingerprint density at radius 2 is 1.69 bits per heavy atom. The van der Waals surface area contributed by atoms with Crippen LogP contribution in [0.25, 0.3) is 0 Å². The number of benzene rings is 2. The molecular weight excluding hydrogens is 396 g/mol. The standard InChI is InChI=1S/C21H19F2N3O2S/c22-16-8-15(9-17(23)12-16)10-18-13-25-21(29-18)26-19(27)6-7-24-20(28)11-14-4-2-1-3-5-14/h1-5,8-9,12-13H,6-7,10-11H2,(H,24,28)(H,25,26,27). The van der Waals surface area contributed by atoms with E-state index in [4.69, 9.17) is 0 Å². The van der Waals surface area contributed by atoms with E-state index in [0.29, 0.717) is 17.1 Å². The number of anilines is 1. The van der Waals surface area contributed by atoms with Crippen molar-refractivity contribution in [1.29, 1.82) is 0 Å². The fourth-order valence-electron chi connectivity index (χ4n) is 2.70. The normalized spacial score (nSPS) is 10.6. The molecule has 3 aromatic rings. The molecule has 2 amide bonds. The third-order valence-corrected chi connectivity index (χ3v) is 4.90. The lowest BCUT2D eigenvalue weighted by Gasteiger charge is -2.05. The van der Waals surface area contributed by atoms with Gasteiger partial charge in [0.25, 0.3) is 0 Å². The fourth-order valence-corrected chi connectivity index (χ4v) is 3.57. The highest BCUT2D eigenvalue weighted by Gasteiger charge is 2.10. The van der Waals surface area contributed by atoms with Gasteiger partial charge in [-0.1, -0.05) is 30.3 Å². The summed E-state index contributed by atoms with van der Waals surface area (Å²) in [6.07, 6.45) is 2.26. The van der Waals surface area contributed by atoms with Crippen molar-refractivity contribution >= 4 is 28.3 Å². The maximum absolute atomic E-state index is 13.3. The molecule has 0 bridgehead atoms. The van der Waals surface area contributed by atoms with Crippen LogP contribution in [0.5, 0.6) is 0 Å². The molecule has 3 rings (SSSR count). The van der Waals surface area contributed by atoms with Gasteiger partial charge in [0, 0.05) is 36.5 Å². The molecule has 150 valence electrons. The maximum atomic E-state index is 13.3. The number of nitrogens with one attached hydrogen (secondary N) is 2. The number of hydrogen-bond donors (Lipinski definition) is 2. The smallest absolute Gasteiger partial charge is 0.227 e. The summed E-state index contributed by atoms with van der Waals surface area (Å²) in [5.41, 5.74) is 1.40. The first-order valence-electron chi connectivity index (χ1n) is 8.98. The van der Waals surface area contributed by atoms with Gasteiger partial charge in [0.2, 0.25) is 11.8 Å². The van der Waals surface area contributed by atoms with Gasteiger partial charge in [0.15, 0.2) is 5.13 Å². The molecule has 0 spiro atoms. The molecular formula is C21H19F2N3O2S. The molecule has 5 nitrogen and oxygen atoms in total. The van der Waals surface area contributed by atoms with Gasteiger partial charge in [0.05, 0.1) is 6.42 Å². The number of carbonyl (C=O) groups excluding carboxylic acids is 2. The van der Waals surface area contributed by atoms with E-state index in [2.05, 4.69) is 15.6 Å². The second kappa shape index (κ2) is 9.88. The molecule has 0 aliphatic rings. The second-order valence-corrected chi connectivity index (χ2v) is 7.51. The summed E-state index contributed by atoms with van der Waals surface area (Å²) in [7, 11) is 0. The van der Waals surface area contributed by atoms with Crippen LogP contribution in [0.4, 0.5) is 13.9 Å². The van der Waals surface area contributed by atoms with Crippen molar-refractivity contribution in [2.45, 2.75) is 19.3 Å². The average molecular weight is 415 g/mol. The molecule has 0 aliphatic carbocycles. The molecule has 0 saturated heterocycles. The molecule has 0 radical (unpaired) electrons. The lowest BCUT2D eigenvalue weighted by molar-refractivity contribution is -0.120. The highest BCUT2D eigenvalue weighted by Crippen LogP contribution is 2.22. The lowest BCUT2D eigenvalue weighted by atomic mass is 10.1. The summed E-state index contributed by atoms with van der Waals surface area (Å²) in [5.74, 6) is -1.69. The Hall–Kier alpha value is -3.13. The number of aromatic nitrogens is 1. The van der Waals surface area contributed by atoms with E-state index < -0.39 is 11.6 Å². The summed E-state index contributed by atoms with van der Waals surface area (Å²) in [5, 5.41) is 5.77. The molecule has 29 heavy (non-hydrogen) atoms. The monoisotopic (exact) mass is 415 g/mol. The van der Waals surface area contributed by atoms with Gasteiger partial charge in [-0.2, -0.15) is 0 Å². The zero-order valence-electron chi connectivity index (χ0n) is 15.5. The molecule has 0 atom stereocenters. The van der Waals surface area contributed by atoms with Gasteiger partial charge in [-0.25, -0.2) is 13.8 Å². The predicted molar refractivity (Wildman–Crippen MR) is 108 cm³/mol. The molecule has 0 unspecified atom stereocenters. The van der Waals surface area contributed by atoms with Gasteiger partial charge < -0.3 is 10.6 Å². The van der Waals surface area contributed by atoms with Crippen LogP contribution in [-0.2, 0) is 22.4 Å². The Balaban J connectivity index is 1.42. The maximum Gasteiger partial charge on any atom is 0.227 e. The Kier molecular flexibility index (Phi) is 7.02. The average Bonchev–Trinajstić information content (AvgIpc) is 3.08. The number of nitrogens with zero attached hydrogens (tertiary/aromatic N) is 1. The van der Waals surface area contributed by atoms with Crippen LogP contribution in [0, 0.1) is 11.6 Å². The zero-order valence-corrected chi connectivity index (χ0v) is 16.3. The van der Waals surface area contributed by atoms with Crippen molar-refractivity contribution in [2.24, 2.45) is 0 Å². The largest absolute Gasteiger partial charge is 0.355 e. The van der Waals surface area contributed by atoms with Crippen LogP contribution in [0.2, 0.25) is 0 Å². The van der Waals surface area contributed by atoms with Gasteiger partial charge in [0.1, 0.15) is 11.6 Å². The van der Waals surface area contributed by atoms with Crippen molar-refractivity contribution < 1.29 is 18.4 Å². The topological polar surface area (TPSA) is 71.1 Å². The van der Waals surface area contributed by atoms with Crippen molar-refractivity contribution in [3.63, 3.8) is 0 Å². The Bertz CT molecular complexity index is 972. The van der Waals surface area contributed by atoms with Gasteiger partial charge >= 0.3 is 0 Å². The summed E-state index contributed by atoms with van der Waals surface area (Å²) in [4.78, 5) is 28.8. The first-order valence-corrected chi connectivity index (χ1v) is 9.80.